The van der Waals surface area contributed by atoms with Crippen LogP contribution in [0, 0.1) is 0 Å². The summed E-state index contributed by atoms with van der Waals surface area (Å²) in [6, 6.07) is 0. The quantitative estimate of drug-likeness (QED) is 0.338. The molecular weight excluding hydrogens is 258 g/mol. The molecule has 0 heterocycles. The van der Waals surface area contributed by atoms with Gasteiger partial charge in [-0.3, -0.25) is 4.55 Å². The first-order valence-corrected chi connectivity index (χ1v) is 7.80. The number of nitrogens with zero attached hydrogens (tertiary/aromatic N) is 1. The lowest BCUT2D eigenvalue weighted by Crippen LogP contribution is -2.43. The Morgan fingerprint density at radius 3 is 2.22 bits per heavy atom. The maximum Gasteiger partial charge on any atom is 0.265 e. The van der Waals surface area contributed by atoms with Gasteiger partial charge in [-0.25, -0.2) is 0 Å². The van der Waals surface area contributed by atoms with Crippen molar-refractivity contribution in [3.05, 3.63) is 0 Å². The molecule has 0 fully saturated rings. The molecule has 6 nitrogen and oxygen atoms in total. The van der Waals surface area contributed by atoms with E-state index in [9.17, 15) is 8.42 Å². The molecular formula is C11H26NO5S+. The van der Waals surface area contributed by atoms with Crippen molar-refractivity contribution in [2.24, 2.45) is 0 Å². The third kappa shape index (κ3) is 12.3. The minimum absolute atomic E-state index is 0.181. The van der Waals surface area contributed by atoms with Crippen LogP contribution in [-0.4, -0.2) is 76.8 Å². The molecule has 0 saturated heterocycles. The lowest BCUT2D eigenvalue weighted by Gasteiger charge is -2.29. The second-order valence-electron chi connectivity index (χ2n) is 4.83. The van der Waals surface area contributed by atoms with E-state index in [1.807, 2.05) is 21.0 Å². The summed E-state index contributed by atoms with van der Waals surface area (Å²) in [7, 11) is 0.180. The molecule has 0 aliphatic rings. The molecule has 0 bridgehead atoms. The molecule has 0 unspecified atom stereocenters. The van der Waals surface area contributed by atoms with Crippen molar-refractivity contribution in [3.8, 4) is 0 Å². The van der Waals surface area contributed by atoms with E-state index in [0.29, 0.717) is 43.9 Å². The van der Waals surface area contributed by atoms with Gasteiger partial charge in [-0.1, -0.05) is 0 Å². The monoisotopic (exact) mass is 284 g/mol. The van der Waals surface area contributed by atoms with Gasteiger partial charge in [-0.05, 0) is 6.92 Å². The molecule has 0 amide bonds. The molecule has 0 spiro atoms. The van der Waals surface area contributed by atoms with E-state index in [2.05, 4.69) is 0 Å². The lowest BCUT2D eigenvalue weighted by atomic mass is 10.4. The Balaban J connectivity index is 3.61. The van der Waals surface area contributed by atoms with E-state index in [4.69, 9.17) is 14.0 Å². The van der Waals surface area contributed by atoms with Gasteiger partial charge in [0.25, 0.3) is 10.1 Å². The third-order valence-electron chi connectivity index (χ3n) is 2.58. The highest BCUT2D eigenvalue weighted by Crippen LogP contribution is 2.01. The van der Waals surface area contributed by atoms with E-state index in [0.717, 1.165) is 6.54 Å². The first-order valence-electron chi connectivity index (χ1n) is 6.19. The Hall–Kier alpha value is -0.210. The van der Waals surface area contributed by atoms with Crippen LogP contribution < -0.4 is 0 Å². The summed E-state index contributed by atoms with van der Waals surface area (Å²) < 4.78 is 41.0. The Kier molecular flexibility index (Phi) is 8.71. The number of hydrogen-bond donors (Lipinski definition) is 1. The third-order valence-corrected chi connectivity index (χ3v) is 3.39. The summed E-state index contributed by atoms with van der Waals surface area (Å²) >= 11 is 0. The largest absolute Gasteiger partial charge is 0.379 e. The van der Waals surface area contributed by atoms with Crippen LogP contribution in [0.25, 0.3) is 0 Å². The van der Waals surface area contributed by atoms with Gasteiger partial charge in [0.15, 0.2) is 0 Å². The molecule has 0 atom stereocenters. The van der Waals surface area contributed by atoms with Crippen molar-refractivity contribution in [1.82, 2.24) is 0 Å². The molecule has 7 heteroatoms. The van der Waals surface area contributed by atoms with Gasteiger partial charge >= 0.3 is 0 Å². The summed E-state index contributed by atoms with van der Waals surface area (Å²) in [5.41, 5.74) is 0. The zero-order valence-electron chi connectivity index (χ0n) is 11.6. The Morgan fingerprint density at radius 2 is 1.67 bits per heavy atom. The van der Waals surface area contributed by atoms with Crippen LogP contribution in [0.5, 0.6) is 0 Å². The molecule has 0 aliphatic heterocycles. The maximum absolute atomic E-state index is 10.6. The zero-order chi connectivity index (χ0) is 14.1. The molecule has 0 aliphatic carbocycles. The fourth-order valence-electron chi connectivity index (χ4n) is 1.46. The van der Waals surface area contributed by atoms with Crippen molar-refractivity contribution in [2.45, 2.75) is 13.3 Å². The van der Waals surface area contributed by atoms with Crippen molar-refractivity contribution in [1.29, 1.82) is 0 Å². The summed E-state index contributed by atoms with van der Waals surface area (Å²) in [5.74, 6) is -0.181. The smallest absolute Gasteiger partial charge is 0.265 e. The van der Waals surface area contributed by atoms with Crippen molar-refractivity contribution in [3.63, 3.8) is 0 Å². The highest BCUT2D eigenvalue weighted by Gasteiger charge is 2.16. The molecule has 0 aromatic rings. The average molecular weight is 284 g/mol. The summed E-state index contributed by atoms with van der Waals surface area (Å²) in [6.45, 7) is 5.93. The number of ether oxygens (including phenoxy) is 2. The molecule has 0 saturated carbocycles. The predicted molar refractivity (Wildman–Crippen MR) is 70.2 cm³/mol. The molecule has 110 valence electrons. The summed E-state index contributed by atoms with van der Waals surface area (Å²) in [6.07, 6.45) is 0.449. The van der Waals surface area contributed by atoms with Crippen molar-refractivity contribution >= 4 is 10.1 Å². The normalized spacial score (nSPS) is 12.9. The molecule has 0 rings (SSSR count). The summed E-state index contributed by atoms with van der Waals surface area (Å²) in [5, 5.41) is 0. The number of hydrogen-bond acceptors (Lipinski definition) is 4. The SMILES string of the molecule is CCOCCOCC[N+](C)(C)CCCS(=O)(=O)O. The van der Waals surface area contributed by atoms with Crippen LogP contribution in [0.15, 0.2) is 0 Å². The first kappa shape index (κ1) is 17.8. The minimum atomic E-state index is -3.84. The van der Waals surface area contributed by atoms with Gasteiger partial charge < -0.3 is 14.0 Å². The van der Waals surface area contributed by atoms with Gasteiger partial charge in [0.2, 0.25) is 0 Å². The van der Waals surface area contributed by atoms with Crippen LogP contribution in [0.2, 0.25) is 0 Å². The fourth-order valence-corrected chi connectivity index (χ4v) is 1.96. The van der Waals surface area contributed by atoms with E-state index in [1.54, 1.807) is 0 Å². The van der Waals surface area contributed by atoms with Crippen LogP contribution in [0.1, 0.15) is 13.3 Å². The number of likely N-dealkylation sites (N-methyl/N-ethyl adjacent to an activating group) is 1. The topological polar surface area (TPSA) is 72.8 Å². The van der Waals surface area contributed by atoms with Gasteiger partial charge in [0.05, 0.1) is 46.2 Å². The number of quaternary nitrogens is 1. The van der Waals surface area contributed by atoms with Crippen molar-refractivity contribution in [2.75, 3.05) is 59.4 Å². The van der Waals surface area contributed by atoms with E-state index >= 15 is 0 Å². The predicted octanol–water partition coefficient (Wildman–Crippen LogP) is 0.394. The van der Waals surface area contributed by atoms with Gasteiger partial charge in [-0.2, -0.15) is 8.42 Å². The minimum Gasteiger partial charge on any atom is -0.379 e. The number of rotatable bonds is 11. The molecule has 0 aromatic carbocycles. The molecule has 0 radical (unpaired) electrons. The fraction of sp³-hybridized carbons (Fsp3) is 1.00. The van der Waals surface area contributed by atoms with E-state index in [1.165, 1.54) is 0 Å². The highest BCUT2D eigenvalue weighted by atomic mass is 32.2. The van der Waals surface area contributed by atoms with Crippen LogP contribution in [0.3, 0.4) is 0 Å². The van der Waals surface area contributed by atoms with Crippen LogP contribution >= 0.6 is 0 Å². The van der Waals surface area contributed by atoms with Gasteiger partial charge in [0.1, 0.15) is 6.54 Å². The maximum atomic E-state index is 10.6. The average Bonchev–Trinajstić information content (AvgIpc) is 2.21. The Labute approximate surface area is 110 Å². The lowest BCUT2D eigenvalue weighted by molar-refractivity contribution is -0.890. The standard InChI is InChI=1S/C11H25NO5S/c1-4-16-9-10-17-8-7-12(2,3)6-5-11-18(13,14)15/h4-11H2,1-3H3/p+1. The highest BCUT2D eigenvalue weighted by molar-refractivity contribution is 7.85. The van der Waals surface area contributed by atoms with E-state index in [-0.39, 0.29) is 5.75 Å². The molecule has 18 heavy (non-hydrogen) atoms. The van der Waals surface area contributed by atoms with Crippen LogP contribution in [0.4, 0.5) is 0 Å². The first-order chi connectivity index (χ1) is 8.27. The zero-order valence-corrected chi connectivity index (χ0v) is 12.4. The molecule has 0 aromatic heterocycles. The van der Waals surface area contributed by atoms with Crippen molar-refractivity contribution < 1.29 is 26.9 Å². The van der Waals surface area contributed by atoms with Crippen LogP contribution in [-0.2, 0) is 19.6 Å². The Morgan fingerprint density at radius 1 is 1.06 bits per heavy atom. The second-order valence-corrected chi connectivity index (χ2v) is 6.40. The van der Waals surface area contributed by atoms with Gasteiger partial charge in [0, 0.05) is 13.0 Å². The second kappa shape index (κ2) is 8.82. The van der Waals surface area contributed by atoms with Gasteiger partial charge in [-0.15, -0.1) is 0 Å². The summed E-state index contributed by atoms with van der Waals surface area (Å²) in [4.78, 5) is 0. The van der Waals surface area contributed by atoms with E-state index < -0.39 is 10.1 Å². The molecule has 1 N–H and O–H groups in total. The Bertz CT molecular complexity index is 303.